The number of hydrogen-bond acceptors (Lipinski definition) is 1. The standard InChI is InChI=1S/C14H26O2.W/c1-2-3-4-5-6-7-8-9-10-11-12-13-14(15)16;/h5-6H,2-4,7-13H2,1H3,(H,15,16);. The van der Waals surface area contributed by atoms with Crippen LogP contribution in [0.3, 0.4) is 0 Å². The molecule has 0 unspecified atom stereocenters. The van der Waals surface area contributed by atoms with Crippen LogP contribution in [0.2, 0.25) is 0 Å². The molecule has 0 radical (unpaired) electrons. The average Bonchev–Trinajstić information content (AvgIpc) is 2.25. The van der Waals surface area contributed by atoms with Crippen LogP contribution in [0.1, 0.15) is 71.1 Å². The average molecular weight is 410 g/mol. The van der Waals surface area contributed by atoms with Crippen LogP contribution in [0.5, 0.6) is 0 Å². The SMILES string of the molecule is CCCCC=CCCCCCCCC(=O)O.[W]. The summed E-state index contributed by atoms with van der Waals surface area (Å²) in [6.45, 7) is 2.21. The van der Waals surface area contributed by atoms with Gasteiger partial charge in [0.05, 0.1) is 0 Å². The van der Waals surface area contributed by atoms with Crippen LogP contribution in [0.4, 0.5) is 0 Å². The topological polar surface area (TPSA) is 37.3 Å². The normalized spacial score (nSPS) is 10.4. The molecule has 0 saturated heterocycles. The van der Waals surface area contributed by atoms with Gasteiger partial charge in [-0.1, -0.05) is 51.2 Å². The molecule has 0 saturated carbocycles. The first kappa shape index (κ1) is 19.2. The monoisotopic (exact) mass is 410 g/mol. The Morgan fingerprint density at radius 1 is 0.941 bits per heavy atom. The molecule has 0 atom stereocenters. The molecule has 100 valence electrons. The summed E-state index contributed by atoms with van der Waals surface area (Å²) in [5.41, 5.74) is 0. The zero-order valence-corrected chi connectivity index (χ0v) is 13.9. The van der Waals surface area contributed by atoms with Crippen LogP contribution in [-0.2, 0) is 25.9 Å². The number of allylic oxidation sites excluding steroid dienone is 2. The van der Waals surface area contributed by atoms with Gasteiger partial charge in [0.25, 0.3) is 0 Å². The predicted molar refractivity (Wildman–Crippen MR) is 68.6 cm³/mol. The number of hydrogen-bond donors (Lipinski definition) is 1. The van der Waals surface area contributed by atoms with Crippen molar-refractivity contribution in [2.75, 3.05) is 0 Å². The summed E-state index contributed by atoms with van der Waals surface area (Å²) in [6.07, 6.45) is 15.4. The maximum atomic E-state index is 10.3. The third-order valence-electron chi connectivity index (χ3n) is 2.65. The number of unbranched alkanes of at least 4 members (excludes halogenated alkanes) is 7. The van der Waals surface area contributed by atoms with Gasteiger partial charge in [-0.3, -0.25) is 4.79 Å². The van der Waals surface area contributed by atoms with Gasteiger partial charge < -0.3 is 5.11 Å². The van der Waals surface area contributed by atoms with Crippen molar-refractivity contribution >= 4 is 5.97 Å². The molecular formula is C14H26O2W. The van der Waals surface area contributed by atoms with Gasteiger partial charge in [0.1, 0.15) is 0 Å². The fourth-order valence-corrected chi connectivity index (χ4v) is 1.63. The Balaban J connectivity index is 0. The minimum absolute atomic E-state index is 0. The van der Waals surface area contributed by atoms with Crippen LogP contribution in [0, 0.1) is 0 Å². The number of carboxylic acids is 1. The summed E-state index contributed by atoms with van der Waals surface area (Å²) in [6, 6.07) is 0. The number of carboxylic acid groups (broad SMARTS) is 1. The van der Waals surface area contributed by atoms with Gasteiger partial charge in [0.15, 0.2) is 0 Å². The largest absolute Gasteiger partial charge is 0.481 e. The van der Waals surface area contributed by atoms with Crippen LogP contribution in [0.25, 0.3) is 0 Å². The van der Waals surface area contributed by atoms with E-state index in [1.54, 1.807) is 0 Å². The number of aliphatic carboxylic acids is 1. The molecule has 0 heterocycles. The molecule has 17 heavy (non-hydrogen) atoms. The van der Waals surface area contributed by atoms with E-state index < -0.39 is 5.97 Å². The number of rotatable bonds is 11. The fourth-order valence-electron chi connectivity index (χ4n) is 1.63. The van der Waals surface area contributed by atoms with E-state index in [-0.39, 0.29) is 21.1 Å². The van der Waals surface area contributed by atoms with Gasteiger partial charge >= 0.3 is 5.97 Å². The van der Waals surface area contributed by atoms with Crippen molar-refractivity contribution in [1.29, 1.82) is 0 Å². The third kappa shape index (κ3) is 18.5. The van der Waals surface area contributed by atoms with Crippen LogP contribution in [0.15, 0.2) is 12.2 Å². The first-order valence-electron chi connectivity index (χ1n) is 6.64. The van der Waals surface area contributed by atoms with E-state index in [0.717, 1.165) is 12.8 Å². The molecule has 0 spiro atoms. The first-order valence-corrected chi connectivity index (χ1v) is 6.64. The van der Waals surface area contributed by atoms with Crippen LogP contribution in [-0.4, -0.2) is 11.1 Å². The van der Waals surface area contributed by atoms with Gasteiger partial charge in [-0.05, 0) is 25.7 Å². The molecule has 0 aromatic heterocycles. The molecule has 0 aliphatic rings. The molecule has 0 aromatic carbocycles. The molecule has 0 aliphatic carbocycles. The predicted octanol–water partition coefficient (Wildman–Crippen LogP) is 4.55. The second-order valence-corrected chi connectivity index (χ2v) is 4.31. The molecule has 1 N–H and O–H groups in total. The van der Waals surface area contributed by atoms with Crippen LogP contribution < -0.4 is 0 Å². The summed E-state index contributed by atoms with van der Waals surface area (Å²) in [4.78, 5) is 10.3. The van der Waals surface area contributed by atoms with Gasteiger partial charge in [-0.2, -0.15) is 0 Å². The summed E-state index contributed by atoms with van der Waals surface area (Å²) in [7, 11) is 0. The van der Waals surface area contributed by atoms with E-state index in [4.69, 9.17) is 5.11 Å². The molecule has 2 nitrogen and oxygen atoms in total. The third-order valence-corrected chi connectivity index (χ3v) is 2.65. The zero-order chi connectivity index (χ0) is 12.1. The van der Waals surface area contributed by atoms with E-state index >= 15 is 0 Å². The maximum absolute atomic E-state index is 10.3. The summed E-state index contributed by atoms with van der Waals surface area (Å²) in [5, 5.41) is 8.45. The maximum Gasteiger partial charge on any atom is 0.303 e. The van der Waals surface area contributed by atoms with E-state index in [1.165, 1.54) is 44.9 Å². The van der Waals surface area contributed by atoms with Crippen LogP contribution >= 0.6 is 0 Å². The Bertz CT molecular complexity index is 191. The van der Waals surface area contributed by atoms with Crippen molar-refractivity contribution in [3.05, 3.63) is 12.2 Å². The van der Waals surface area contributed by atoms with E-state index in [1.807, 2.05) is 0 Å². The molecule has 0 aromatic rings. The Hall–Kier alpha value is -0.102. The summed E-state index contributed by atoms with van der Waals surface area (Å²) in [5.74, 6) is -0.668. The molecule has 0 amide bonds. The molecule has 3 heteroatoms. The fraction of sp³-hybridized carbons (Fsp3) is 0.786. The minimum atomic E-state index is -0.668. The van der Waals surface area contributed by atoms with Gasteiger partial charge in [-0.15, -0.1) is 0 Å². The van der Waals surface area contributed by atoms with Gasteiger partial charge in [0.2, 0.25) is 0 Å². The van der Waals surface area contributed by atoms with Crippen molar-refractivity contribution in [3.63, 3.8) is 0 Å². The molecule has 0 bridgehead atoms. The van der Waals surface area contributed by atoms with Gasteiger partial charge in [-0.25, -0.2) is 0 Å². The summed E-state index contributed by atoms with van der Waals surface area (Å²) >= 11 is 0. The Morgan fingerprint density at radius 2 is 1.47 bits per heavy atom. The van der Waals surface area contributed by atoms with E-state index in [2.05, 4.69) is 19.1 Å². The molecular weight excluding hydrogens is 384 g/mol. The zero-order valence-electron chi connectivity index (χ0n) is 11.0. The van der Waals surface area contributed by atoms with E-state index in [0.29, 0.717) is 6.42 Å². The van der Waals surface area contributed by atoms with Crippen molar-refractivity contribution in [3.8, 4) is 0 Å². The van der Waals surface area contributed by atoms with Crippen molar-refractivity contribution in [1.82, 2.24) is 0 Å². The van der Waals surface area contributed by atoms with Crippen molar-refractivity contribution in [2.24, 2.45) is 0 Å². The minimum Gasteiger partial charge on any atom is -0.481 e. The smallest absolute Gasteiger partial charge is 0.303 e. The quantitative estimate of drug-likeness (QED) is 0.401. The van der Waals surface area contributed by atoms with E-state index in [9.17, 15) is 4.79 Å². The first-order chi connectivity index (χ1) is 7.77. The van der Waals surface area contributed by atoms with Gasteiger partial charge in [0, 0.05) is 27.5 Å². The second kappa shape index (κ2) is 15.9. The molecule has 0 fully saturated rings. The Labute approximate surface area is 120 Å². The number of carbonyl (C=O) groups is 1. The van der Waals surface area contributed by atoms with Crippen molar-refractivity contribution < 1.29 is 31.0 Å². The molecule has 0 aliphatic heterocycles. The Morgan fingerprint density at radius 3 is 2.06 bits per heavy atom. The Kier molecular flexibility index (Phi) is 18.0. The second-order valence-electron chi connectivity index (χ2n) is 4.31. The summed E-state index contributed by atoms with van der Waals surface area (Å²) < 4.78 is 0. The molecule has 0 rings (SSSR count). The van der Waals surface area contributed by atoms with Crippen molar-refractivity contribution in [2.45, 2.75) is 71.1 Å².